The van der Waals surface area contributed by atoms with Gasteiger partial charge in [0.25, 0.3) is 11.8 Å². The molecule has 10 heteroatoms. The van der Waals surface area contributed by atoms with Gasteiger partial charge in [0.15, 0.2) is 29.6 Å². The Bertz CT molecular complexity index is 964. The van der Waals surface area contributed by atoms with Crippen molar-refractivity contribution in [3.63, 3.8) is 0 Å². The Morgan fingerprint density at radius 2 is 1.77 bits per heavy atom. The zero-order valence-corrected chi connectivity index (χ0v) is 19.0. The third-order valence-corrected chi connectivity index (χ3v) is 4.38. The largest absolute Gasteiger partial charge is 0.493 e. The van der Waals surface area contributed by atoms with Gasteiger partial charge in [0.2, 0.25) is 0 Å². The summed E-state index contributed by atoms with van der Waals surface area (Å²) >= 11 is 3.38. The van der Waals surface area contributed by atoms with Crippen molar-refractivity contribution in [3.05, 3.63) is 45.9 Å². The molecule has 2 aromatic carbocycles. The summed E-state index contributed by atoms with van der Waals surface area (Å²) in [4.78, 5) is 23.4. The minimum absolute atomic E-state index is 0.284. The fourth-order valence-electron chi connectivity index (χ4n) is 2.52. The second kappa shape index (κ2) is 11.8. The number of primary amides is 1. The molecule has 0 aromatic heterocycles. The van der Waals surface area contributed by atoms with Crippen LogP contribution in [-0.4, -0.2) is 45.0 Å². The zero-order chi connectivity index (χ0) is 22.8. The van der Waals surface area contributed by atoms with Crippen LogP contribution in [0.1, 0.15) is 29.8 Å². The summed E-state index contributed by atoms with van der Waals surface area (Å²) in [6, 6.07) is 8.23. The number of carbonyl (C=O) groups is 2. The number of rotatable bonds is 11. The molecule has 0 fully saturated rings. The summed E-state index contributed by atoms with van der Waals surface area (Å²) in [6.07, 6.45) is 1.45. The molecule has 0 bridgehead atoms. The van der Waals surface area contributed by atoms with E-state index in [9.17, 15) is 9.59 Å². The van der Waals surface area contributed by atoms with E-state index in [0.29, 0.717) is 51.8 Å². The maximum absolute atomic E-state index is 12.4. The van der Waals surface area contributed by atoms with Crippen molar-refractivity contribution in [2.75, 3.05) is 26.9 Å². The fourth-order valence-corrected chi connectivity index (χ4v) is 3.10. The minimum atomic E-state index is -0.603. The SMILES string of the molecule is CCOc1ccc(C(=O)N/N=C/c2cc(Br)c(OCC(N)=O)c(OCC)c2)cc1OC. The van der Waals surface area contributed by atoms with Crippen molar-refractivity contribution >= 4 is 34.0 Å². The molecule has 0 aliphatic heterocycles. The molecule has 2 amide bonds. The summed E-state index contributed by atoms with van der Waals surface area (Å²) in [6.45, 7) is 4.26. The molecule has 0 heterocycles. The third-order valence-electron chi connectivity index (χ3n) is 3.80. The number of nitrogens with zero attached hydrogens (tertiary/aromatic N) is 1. The van der Waals surface area contributed by atoms with Crippen molar-refractivity contribution in [3.8, 4) is 23.0 Å². The van der Waals surface area contributed by atoms with E-state index in [1.165, 1.54) is 13.3 Å². The molecule has 0 aliphatic carbocycles. The first-order chi connectivity index (χ1) is 14.9. The number of halogens is 1. The maximum Gasteiger partial charge on any atom is 0.271 e. The molecule has 0 aliphatic rings. The lowest BCUT2D eigenvalue weighted by Crippen LogP contribution is -2.20. The van der Waals surface area contributed by atoms with E-state index >= 15 is 0 Å². The average Bonchev–Trinajstić information content (AvgIpc) is 2.73. The van der Waals surface area contributed by atoms with Crippen molar-refractivity contribution in [2.45, 2.75) is 13.8 Å². The third kappa shape index (κ3) is 6.88. The van der Waals surface area contributed by atoms with Gasteiger partial charge in [-0.1, -0.05) is 0 Å². The lowest BCUT2D eigenvalue weighted by atomic mass is 10.2. The van der Waals surface area contributed by atoms with Crippen LogP contribution in [0.25, 0.3) is 0 Å². The smallest absolute Gasteiger partial charge is 0.271 e. The van der Waals surface area contributed by atoms with Crippen LogP contribution in [0.15, 0.2) is 39.9 Å². The number of hydrogen-bond donors (Lipinski definition) is 2. The van der Waals surface area contributed by atoms with E-state index < -0.39 is 11.8 Å². The van der Waals surface area contributed by atoms with E-state index in [1.54, 1.807) is 30.3 Å². The highest BCUT2D eigenvalue weighted by Crippen LogP contribution is 2.36. The van der Waals surface area contributed by atoms with E-state index in [-0.39, 0.29) is 6.61 Å². The van der Waals surface area contributed by atoms with Gasteiger partial charge in [0, 0.05) is 5.56 Å². The van der Waals surface area contributed by atoms with Gasteiger partial charge in [-0.25, -0.2) is 5.43 Å². The molecular weight excluding hydrogens is 470 g/mol. The Morgan fingerprint density at radius 1 is 1.06 bits per heavy atom. The van der Waals surface area contributed by atoms with Crippen molar-refractivity contribution in [1.29, 1.82) is 0 Å². The van der Waals surface area contributed by atoms with E-state index in [4.69, 9.17) is 24.7 Å². The number of hydrogen-bond acceptors (Lipinski definition) is 7. The van der Waals surface area contributed by atoms with E-state index in [2.05, 4.69) is 26.5 Å². The van der Waals surface area contributed by atoms with Crippen LogP contribution in [0.4, 0.5) is 0 Å². The second-order valence-electron chi connectivity index (χ2n) is 6.02. The van der Waals surface area contributed by atoms with Crippen molar-refractivity contribution in [2.24, 2.45) is 10.8 Å². The molecule has 2 rings (SSSR count). The summed E-state index contributed by atoms with van der Waals surface area (Å²) in [5.41, 5.74) is 8.59. The molecule has 9 nitrogen and oxygen atoms in total. The van der Waals surface area contributed by atoms with Gasteiger partial charge in [-0.05, 0) is 65.7 Å². The predicted molar refractivity (Wildman–Crippen MR) is 119 cm³/mol. The summed E-state index contributed by atoms with van der Waals surface area (Å²) in [5.74, 6) is 0.745. The zero-order valence-electron chi connectivity index (χ0n) is 17.4. The lowest BCUT2D eigenvalue weighted by molar-refractivity contribution is -0.119. The van der Waals surface area contributed by atoms with Crippen LogP contribution in [0, 0.1) is 0 Å². The number of benzene rings is 2. The van der Waals surface area contributed by atoms with Crippen molar-refractivity contribution in [1.82, 2.24) is 5.43 Å². The normalized spacial score (nSPS) is 10.6. The van der Waals surface area contributed by atoms with Gasteiger partial charge in [-0.3, -0.25) is 9.59 Å². The molecule has 0 saturated heterocycles. The highest BCUT2D eigenvalue weighted by molar-refractivity contribution is 9.10. The molecule has 0 atom stereocenters. The first-order valence-electron chi connectivity index (χ1n) is 9.41. The summed E-state index contributed by atoms with van der Waals surface area (Å²) in [5, 5.41) is 3.99. The number of methoxy groups -OCH3 is 1. The highest BCUT2D eigenvalue weighted by Gasteiger charge is 2.13. The molecule has 0 unspecified atom stereocenters. The average molecular weight is 494 g/mol. The van der Waals surface area contributed by atoms with E-state index in [1.807, 2.05) is 13.8 Å². The number of nitrogens with one attached hydrogen (secondary N) is 1. The summed E-state index contributed by atoms with van der Waals surface area (Å²) < 4.78 is 22.2. The van der Waals surface area contributed by atoms with Crippen LogP contribution in [0.3, 0.4) is 0 Å². The van der Waals surface area contributed by atoms with Crippen LogP contribution in [-0.2, 0) is 4.79 Å². The number of carbonyl (C=O) groups excluding carboxylic acids is 2. The van der Waals surface area contributed by atoms with Gasteiger partial charge in [0.1, 0.15) is 0 Å². The fraction of sp³-hybridized carbons (Fsp3) is 0.286. The van der Waals surface area contributed by atoms with Gasteiger partial charge in [-0.2, -0.15) is 5.10 Å². The van der Waals surface area contributed by atoms with Crippen LogP contribution in [0.5, 0.6) is 23.0 Å². The van der Waals surface area contributed by atoms with Crippen molar-refractivity contribution < 1.29 is 28.5 Å². The van der Waals surface area contributed by atoms with Crippen LogP contribution >= 0.6 is 15.9 Å². The first-order valence-corrected chi connectivity index (χ1v) is 10.2. The van der Waals surface area contributed by atoms with Crippen LogP contribution in [0.2, 0.25) is 0 Å². The Kier molecular flexibility index (Phi) is 9.13. The quantitative estimate of drug-likeness (QED) is 0.366. The molecule has 0 radical (unpaired) electrons. The molecule has 0 spiro atoms. The second-order valence-corrected chi connectivity index (χ2v) is 6.87. The lowest BCUT2D eigenvalue weighted by Gasteiger charge is -2.13. The number of hydrazone groups is 1. The summed E-state index contributed by atoms with van der Waals surface area (Å²) in [7, 11) is 1.50. The highest BCUT2D eigenvalue weighted by atomic mass is 79.9. The number of ether oxygens (including phenoxy) is 4. The molecule has 3 N–H and O–H groups in total. The van der Waals surface area contributed by atoms with Crippen LogP contribution < -0.4 is 30.1 Å². The van der Waals surface area contributed by atoms with Gasteiger partial charge < -0.3 is 24.7 Å². The Labute approximate surface area is 188 Å². The Hall–Kier alpha value is -3.27. The number of amides is 2. The Morgan fingerprint density at radius 3 is 2.42 bits per heavy atom. The maximum atomic E-state index is 12.4. The van der Waals surface area contributed by atoms with Gasteiger partial charge >= 0.3 is 0 Å². The minimum Gasteiger partial charge on any atom is -0.493 e. The van der Waals surface area contributed by atoms with Gasteiger partial charge in [0.05, 0.1) is 31.0 Å². The van der Waals surface area contributed by atoms with E-state index in [0.717, 1.165) is 0 Å². The topological polar surface area (TPSA) is 121 Å². The molecule has 2 aromatic rings. The molecule has 0 saturated carbocycles. The standard InChI is InChI=1S/C21H24BrN3O6/c1-4-29-16-7-6-14(10-17(16)28-3)21(27)25-24-11-13-8-15(22)20(31-12-19(23)26)18(9-13)30-5-2/h6-11H,4-5,12H2,1-3H3,(H2,23,26)(H,25,27)/b24-11+. The van der Waals surface area contributed by atoms with Gasteiger partial charge in [-0.15, -0.1) is 0 Å². The monoisotopic (exact) mass is 493 g/mol. The number of nitrogens with two attached hydrogens (primary N) is 1. The molecule has 166 valence electrons. The molecular formula is C21H24BrN3O6. The Balaban J connectivity index is 2.14. The predicted octanol–water partition coefficient (Wildman–Crippen LogP) is 2.88. The molecule has 31 heavy (non-hydrogen) atoms. The first kappa shape index (κ1) is 24.0.